The Bertz CT molecular complexity index is 792. The van der Waals surface area contributed by atoms with Crippen LogP contribution in [0.4, 0.5) is 4.39 Å². The summed E-state index contributed by atoms with van der Waals surface area (Å²) in [5.41, 5.74) is 0. The maximum Gasteiger partial charge on any atom is 0.227 e. The lowest BCUT2D eigenvalue weighted by Crippen LogP contribution is -1.92. The average Bonchev–Trinajstić information content (AvgIpc) is 2.43. The third-order valence-corrected chi connectivity index (χ3v) is 3.31. The van der Waals surface area contributed by atoms with Crippen molar-refractivity contribution in [3.05, 3.63) is 59.0 Å². The number of phenolic OH excluding ortho intramolecular Hbond substituents is 1. The Balaban J connectivity index is 2.10. The van der Waals surface area contributed by atoms with Gasteiger partial charge in [0.05, 0.1) is 0 Å². The predicted octanol–water partition coefficient (Wildman–Crippen LogP) is 4.63. The third kappa shape index (κ3) is 2.44. The molecule has 0 aliphatic carbocycles. The summed E-state index contributed by atoms with van der Waals surface area (Å²) in [6, 6.07) is 11.1. The van der Waals surface area contributed by atoms with Crippen molar-refractivity contribution in [1.29, 1.82) is 0 Å². The van der Waals surface area contributed by atoms with Crippen molar-refractivity contribution < 1.29 is 14.2 Å². The molecule has 0 saturated carbocycles. The topological polar surface area (TPSA) is 42.4 Å². The minimum absolute atomic E-state index is 0.0720. The van der Waals surface area contributed by atoms with Gasteiger partial charge in [-0.1, -0.05) is 22.0 Å². The fourth-order valence-corrected chi connectivity index (χ4v) is 2.21. The van der Waals surface area contributed by atoms with E-state index in [1.807, 2.05) is 0 Å². The van der Waals surface area contributed by atoms with Gasteiger partial charge in [0.2, 0.25) is 5.88 Å². The average molecular weight is 334 g/mol. The smallest absolute Gasteiger partial charge is 0.227 e. The molecule has 100 valence electrons. The van der Waals surface area contributed by atoms with Crippen LogP contribution in [-0.2, 0) is 0 Å². The van der Waals surface area contributed by atoms with Crippen molar-refractivity contribution in [3.63, 3.8) is 0 Å². The van der Waals surface area contributed by atoms with Gasteiger partial charge in [0.15, 0.2) is 11.6 Å². The predicted molar refractivity (Wildman–Crippen MR) is 77.6 cm³/mol. The molecule has 5 heteroatoms. The van der Waals surface area contributed by atoms with Crippen LogP contribution in [0.1, 0.15) is 0 Å². The molecule has 2 aromatic carbocycles. The third-order valence-electron chi connectivity index (χ3n) is 2.81. The largest absolute Gasteiger partial charge is 0.508 e. The number of hydrogen-bond donors (Lipinski definition) is 1. The van der Waals surface area contributed by atoms with E-state index in [2.05, 4.69) is 20.9 Å². The van der Waals surface area contributed by atoms with Gasteiger partial charge in [0.1, 0.15) is 5.75 Å². The van der Waals surface area contributed by atoms with Gasteiger partial charge in [-0.25, -0.2) is 9.37 Å². The fourth-order valence-electron chi connectivity index (χ4n) is 1.87. The summed E-state index contributed by atoms with van der Waals surface area (Å²) in [4.78, 5) is 4.10. The molecule has 0 aliphatic heterocycles. The number of fused-ring (bicyclic) bond motifs is 1. The fraction of sp³-hybridized carbons (Fsp3) is 0. The Morgan fingerprint density at radius 1 is 1.10 bits per heavy atom. The van der Waals surface area contributed by atoms with Crippen LogP contribution in [0.2, 0.25) is 0 Å². The van der Waals surface area contributed by atoms with Crippen molar-refractivity contribution >= 4 is 26.7 Å². The van der Waals surface area contributed by atoms with E-state index in [1.165, 1.54) is 18.2 Å². The lowest BCUT2D eigenvalue weighted by Gasteiger charge is -2.09. The highest BCUT2D eigenvalue weighted by molar-refractivity contribution is 9.10. The van der Waals surface area contributed by atoms with Crippen LogP contribution in [0.15, 0.2) is 53.1 Å². The Hall–Kier alpha value is -2.14. The van der Waals surface area contributed by atoms with Crippen molar-refractivity contribution in [3.8, 4) is 17.4 Å². The number of ether oxygens (including phenoxy) is 1. The van der Waals surface area contributed by atoms with Crippen LogP contribution in [0.25, 0.3) is 10.8 Å². The minimum atomic E-state index is -0.479. The molecule has 20 heavy (non-hydrogen) atoms. The first kappa shape index (κ1) is 12.9. The van der Waals surface area contributed by atoms with Gasteiger partial charge >= 0.3 is 0 Å². The summed E-state index contributed by atoms with van der Waals surface area (Å²) in [5.74, 6) is -0.0599. The molecule has 3 rings (SSSR count). The summed E-state index contributed by atoms with van der Waals surface area (Å²) in [5, 5.41) is 11.0. The van der Waals surface area contributed by atoms with E-state index in [1.54, 1.807) is 30.5 Å². The zero-order valence-electron chi connectivity index (χ0n) is 10.2. The SMILES string of the molecule is Oc1ccc2ccnc(Oc3cc(Br)ccc3F)c2c1. The number of rotatable bonds is 2. The number of aromatic hydroxyl groups is 1. The molecule has 0 unspecified atom stereocenters. The Kier molecular flexibility index (Phi) is 3.28. The molecule has 1 N–H and O–H groups in total. The first-order chi connectivity index (χ1) is 9.63. The van der Waals surface area contributed by atoms with Gasteiger partial charge in [-0.05, 0) is 41.8 Å². The van der Waals surface area contributed by atoms with Gasteiger partial charge in [-0.2, -0.15) is 0 Å². The summed E-state index contributed by atoms with van der Waals surface area (Å²) in [6.45, 7) is 0. The molecule has 1 heterocycles. The molecular formula is C15H9BrFNO2. The molecule has 0 fully saturated rings. The van der Waals surface area contributed by atoms with Gasteiger partial charge in [0.25, 0.3) is 0 Å². The van der Waals surface area contributed by atoms with E-state index in [-0.39, 0.29) is 17.4 Å². The maximum atomic E-state index is 13.7. The van der Waals surface area contributed by atoms with Crippen molar-refractivity contribution in [1.82, 2.24) is 4.98 Å². The second-order valence-electron chi connectivity index (χ2n) is 4.20. The highest BCUT2D eigenvalue weighted by atomic mass is 79.9. The number of hydrogen-bond acceptors (Lipinski definition) is 3. The van der Waals surface area contributed by atoms with Crippen LogP contribution in [0, 0.1) is 5.82 Å². The van der Waals surface area contributed by atoms with E-state index in [9.17, 15) is 9.50 Å². The molecular weight excluding hydrogens is 325 g/mol. The summed E-state index contributed by atoms with van der Waals surface area (Å²) < 4.78 is 19.9. The van der Waals surface area contributed by atoms with Crippen molar-refractivity contribution in [2.24, 2.45) is 0 Å². The van der Waals surface area contributed by atoms with E-state index in [0.29, 0.717) is 9.86 Å². The minimum Gasteiger partial charge on any atom is -0.508 e. The number of nitrogens with zero attached hydrogens (tertiary/aromatic N) is 1. The van der Waals surface area contributed by atoms with Crippen molar-refractivity contribution in [2.45, 2.75) is 0 Å². The Morgan fingerprint density at radius 3 is 2.80 bits per heavy atom. The lowest BCUT2D eigenvalue weighted by molar-refractivity contribution is 0.431. The highest BCUT2D eigenvalue weighted by Gasteiger charge is 2.10. The molecule has 0 atom stereocenters. The molecule has 3 nitrogen and oxygen atoms in total. The number of aromatic nitrogens is 1. The monoisotopic (exact) mass is 333 g/mol. The second-order valence-corrected chi connectivity index (χ2v) is 5.11. The number of phenols is 1. The molecule has 0 aliphatic rings. The van der Waals surface area contributed by atoms with E-state index >= 15 is 0 Å². The van der Waals surface area contributed by atoms with Crippen LogP contribution in [0.3, 0.4) is 0 Å². The summed E-state index contributed by atoms with van der Waals surface area (Å²) in [6.07, 6.45) is 1.57. The Morgan fingerprint density at radius 2 is 1.95 bits per heavy atom. The zero-order chi connectivity index (χ0) is 14.1. The normalized spacial score (nSPS) is 10.7. The van der Waals surface area contributed by atoms with Gasteiger partial charge in [0, 0.05) is 16.1 Å². The lowest BCUT2D eigenvalue weighted by atomic mass is 10.1. The van der Waals surface area contributed by atoms with Gasteiger partial charge < -0.3 is 9.84 Å². The standard InChI is InChI=1S/C15H9BrFNO2/c16-10-2-4-13(17)14(7-10)20-15-12-8-11(19)3-1-9(12)5-6-18-15/h1-8,19H. The number of halogens is 2. The number of pyridine rings is 1. The molecule has 3 aromatic rings. The van der Waals surface area contributed by atoms with Crippen molar-refractivity contribution in [2.75, 3.05) is 0 Å². The zero-order valence-corrected chi connectivity index (χ0v) is 11.8. The van der Waals surface area contributed by atoms with Crippen LogP contribution in [-0.4, -0.2) is 10.1 Å². The van der Waals surface area contributed by atoms with E-state index in [0.717, 1.165) is 5.39 Å². The van der Waals surface area contributed by atoms with Crippen LogP contribution < -0.4 is 4.74 Å². The molecule has 1 aromatic heterocycles. The molecule has 0 radical (unpaired) electrons. The Labute approximate surface area is 122 Å². The van der Waals surface area contributed by atoms with Gasteiger partial charge in [-0.3, -0.25) is 0 Å². The summed E-state index contributed by atoms with van der Waals surface area (Å²) >= 11 is 3.26. The molecule has 0 spiro atoms. The van der Waals surface area contributed by atoms with E-state index in [4.69, 9.17) is 4.74 Å². The summed E-state index contributed by atoms with van der Waals surface area (Å²) in [7, 11) is 0. The molecule has 0 bridgehead atoms. The first-order valence-corrected chi connectivity index (χ1v) is 6.63. The maximum absolute atomic E-state index is 13.7. The second kappa shape index (κ2) is 5.09. The quantitative estimate of drug-likeness (QED) is 0.743. The highest BCUT2D eigenvalue weighted by Crippen LogP contribution is 2.32. The van der Waals surface area contributed by atoms with Gasteiger partial charge in [-0.15, -0.1) is 0 Å². The van der Waals surface area contributed by atoms with Crippen LogP contribution >= 0.6 is 15.9 Å². The number of benzene rings is 2. The molecule has 0 amide bonds. The molecule has 0 saturated heterocycles. The van der Waals surface area contributed by atoms with E-state index < -0.39 is 5.82 Å². The first-order valence-electron chi connectivity index (χ1n) is 5.84. The van der Waals surface area contributed by atoms with Crippen LogP contribution in [0.5, 0.6) is 17.4 Å².